The Balaban J connectivity index is 1.59. The molecule has 0 saturated carbocycles. The number of nitrogens with one attached hydrogen (secondary N) is 2. The van der Waals surface area contributed by atoms with Crippen LogP contribution in [-0.2, 0) is 6.42 Å². The average molecular weight is 347 g/mol. The zero-order chi connectivity index (χ0) is 17.9. The number of benzene rings is 2. The van der Waals surface area contributed by atoms with Gasteiger partial charge in [0.05, 0.1) is 11.9 Å². The first-order chi connectivity index (χ1) is 12.7. The SMILES string of the molecule is O=c1[nH]c(NCCc2cccc(O)c2)nc2c1cnn2-c1ccccc1. The van der Waals surface area contributed by atoms with Crippen LogP contribution in [-0.4, -0.2) is 31.4 Å². The van der Waals surface area contributed by atoms with E-state index in [0.717, 1.165) is 11.3 Å². The van der Waals surface area contributed by atoms with Gasteiger partial charge in [-0.25, -0.2) is 4.68 Å². The molecule has 2 aromatic carbocycles. The Kier molecular flexibility index (Phi) is 4.10. The number of hydrogen-bond acceptors (Lipinski definition) is 5. The average Bonchev–Trinajstić information content (AvgIpc) is 3.07. The highest BCUT2D eigenvalue weighted by Gasteiger charge is 2.11. The van der Waals surface area contributed by atoms with Crippen LogP contribution in [0.4, 0.5) is 5.95 Å². The summed E-state index contributed by atoms with van der Waals surface area (Å²) in [7, 11) is 0. The molecule has 0 saturated heterocycles. The van der Waals surface area contributed by atoms with E-state index < -0.39 is 0 Å². The monoisotopic (exact) mass is 347 g/mol. The molecular weight excluding hydrogens is 330 g/mol. The summed E-state index contributed by atoms with van der Waals surface area (Å²) in [6.45, 7) is 0.567. The molecule has 4 aromatic rings. The second-order valence-electron chi connectivity index (χ2n) is 5.89. The van der Waals surface area contributed by atoms with E-state index in [9.17, 15) is 9.90 Å². The molecular formula is C19H17N5O2. The summed E-state index contributed by atoms with van der Waals surface area (Å²) in [5.74, 6) is 0.627. The van der Waals surface area contributed by atoms with E-state index in [1.807, 2.05) is 36.4 Å². The van der Waals surface area contributed by atoms with Gasteiger partial charge in [-0.15, -0.1) is 0 Å². The van der Waals surface area contributed by atoms with Crippen molar-refractivity contribution >= 4 is 17.0 Å². The van der Waals surface area contributed by atoms with Crippen molar-refractivity contribution in [1.82, 2.24) is 19.7 Å². The van der Waals surface area contributed by atoms with Crippen LogP contribution in [0.1, 0.15) is 5.56 Å². The Morgan fingerprint density at radius 1 is 1.12 bits per heavy atom. The van der Waals surface area contributed by atoms with Gasteiger partial charge < -0.3 is 10.4 Å². The Morgan fingerprint density at radius 3 is 2.77 bits per heavy atom. The standard InChI is InChI=1S/C19H17N5O2/c25-15-8-4-5-13(11-15)9-10-20-19-22-17-16(18(26)23-19)12-21-24(17)14-6-2-1-3-7-14/h1-8,11-12,25H,9-10H2,(H2,20,22,23,26). The lowest BCUT2D eigenvalue weighted by molar-refractivity contribution is 0.474. The van der Waals surface area contributed by atoms with Crippen molar-refractivity contribution in [2.24, 2.45) is 0 Å². The number of hydrogen-bond donors (Lipinski definition) is 3. The number of phenols is 1. The third-order valence-electron chi connectivity index (χ3n) is 4.06. The molecule has 130 valence electrons. The molecule has 3 N–H and O–H groups in total. The van der Waals surface area contributed by atoms with Crippen LogP contribution in [0.5, 0.6) is 5.75 Å². The molecule has 0 atom stereocenters. The fourth-order valence-corrected chi connectivity index (χ4v) is 2.80. The first kappa shape index (κ1) is 15.9. The number of H-pyrrole nitrogens is 1. The molecule has 0 fully saturated rings. The number of phenolic OH excluding ortho intramolecular Hbond substituents is 1. The molecule has 0 spiro atoms. The zero-order valence-electron chi connectivity index (χ0n) is 13.9. The summed E-state index contributed by atoms with van der Waals surface area (Å²) in [6, 6.07) is 16.6. The Morgan fingerprint density at radius 2 is 1.96 bits per heavy atom. The van der Waals surface area contributed by atoms with Gasteiger partial charge in [-0.1, -0.05) is 30.3 Å². The molecule has 0 amide bonds. The van der Waals surface area contributed by atoms with Gasteiger partial charge in [-0.05, 0) is 36.2 Å². The smallest absolute Gasteiger partial charge is 0.263 e. The quantitative estimate of drug-likeness (QED) is 0.515. The normalized spacial score (nSPS) is 10.9. The van der Waals surface area contributed by atoms with Gasteiger partial charge >= 0.3 is 0 Å². The van der Waals surface area contributed by atoms with Crippen molar-refractivity contribution in [3.63, 3.8) is 0 Å². The molecule has 0 aliphatic carbocycles. The van der Waals surface area contributed by atoms with E-state index in [1.165, 1.54) is 6.20 Å². The lowest BCUT2D eigenvalue weighted by Crippen LogP contribution is -2.15. The summed E-state index contributed by atoms with van der Waals surface area (Å²) in [4.78, 5) is 19.5. The van der Waals surface area contributed by atoms with E-state index in [4.69, 9.17) is 0 Å². The first-order valence-electron chi connectivity index (χ1n) is 8.26. The maximum absolute atomic E-state index is 12.3. The number of aromatic hydroxyl groups is 1. The zero-order valence-corrected chi connectivity index (χ0v) is 13.9. The van der Waals surface area contributed by atoms with Crippen molar-refractivity contribution in [3.05, 3.63) is 76.7 Å². The third-order valence-corrected chi connectivity index (χ3v) is 4.06. The molecule has 0 unspecified atom stereocenters. The summed E-state index contributed by atoms with van der Waals surface area (Å²) < 4.78 is 1.64. The number of nitrogens with zero attached hydrogens (tertiary/aromatic N) is 3. The van der Waals surface area contributed by atoms with Gasteiger partial charge in [-0.2, -0.15) is 10.1 Å². The van der Waals surface area contributed by atoms with Gasteiger partial charge in [0.1, 0.15) is 11.1 Å². The second-order valence-corrected chi connectivity index (χ2v) is 5.89. The predicted octanol–water partition coefficient (Wildman–Crippen LogP) is 2.47. The number of rotatable bonds is 5. The minimum absolute atomic E-state index is 0.238. The topological polar surface area (TPSA) is 95.8 Å². The Bertz CT molecular complexity index is 1100. The minimum Gasteiger partial charge on any atom is -0.508 e. The third kappa shape index (κ3) is 3.14. The van der Waals surface area contributed by atoms with Gasteiger partial charge in [-0.3, -0.25) is 9.78 Å². The minimum atomic E-state index is -0.239. The number of para-hydroxylation sites is 1. The fraction of sp³-hybridized carbons (Fsp3) is 0.105. The number of aromatic nitrogens is 4. The van der Waals surface area contributed by atoms with Crippen LogP contribution in [0, 0.1) is 0 Å². The second kappa shape index (κ2) is 6.72. The molecule has 2 heterocycles. The maximum Gasteiger partial charge on any atom is 0.263 e. The first-order valence-corrected chi connectivity index (χ1v) is 8.26. The molecule has 0 aliphatic heterocycles. The van der Waals surface area contributed by atoms with E-state index in [2.05, 4.69) is 20.4 Å². The van der Waals surface area contributed by atoms with E-state index in [0.29, 0.717) is 29.9 Å². The van der Waals surface area contributed by atoms with Crippen molar-refractivity contribution in [1.29, 1.82) is 0 Å². The summed E-state index contributed by atoms with van der Waals surface area (Å²) in [6.07, 6.45) is 2.21. The molecule has 7 heteroatoms. The fourth-order valence-electron chi connectivity index (χ4n) is 2.80. The van der Waals surface area contributed by atoms with Crippen LogP contribution in [0.25, 0.3) is 16.7 Å². The van der Waals surface area contributed by atoms with Gasteiger partial charge in [0.15, 0.2) is 5.65 Å². The van der Waals surface area contributed by atoms with E-state index >= 15 is 0 Å². The summed E-state index contributed by atoms with van der Waals surface area (Å²) >= 11 is 0. The summed E-state index contributed by atoms with van der Waals surface area (Å²) in [5.41, 5.74) is 2.10. The molecule has 0 aliphatic rings. The lowest BCUT2D eigenvalue weighted by Gasteiger charge is -2.07. The van der Waals surface area contributed by atoms with Crippen LogP contribution >= 0.6 is 0 Å². The van der Waals surface area contributed by atoms with Gasteiger partial charge in [0.2, 0.25) is 5.95 Å². The highest BCUT2D eigenvalue weighted by molar-refractivity contribution is 5.76. The van der Waals surface area contributed by atoms with Crippen molar-refractivity contribution in [2.45, 2.75) is 6.42 Å². The van der Waals surface area contributed by atoms with Crippen LogP contribution in [0.3, 0.4) is 0 Å². The lowest BCUT2D eigenvalue weighted by atomic mass is 10.1. The van der Waals surface area contributed by atoms with Crippen molar-refractivity contribution in [2.75, 3.05) is 11.9 Å². The molecule has 0 radical (unpaired) electrons. The van der Waals surface area contributed by atoms with Crippen molar-refractivity contribution in [3.8, 4) is 11.4 Å². The Hall–Kier alpha value is -3.61. The highest BCUT2D eigenvalue weighted by atomic mass is 16.3. The molecule has 4 rings (SSSR count). The van der Waals surface area contributed by atoms with E-state index in [1.54, 1.807) is 22.9 Å². The Labute approximate surface area is 149 Å². The van der Waals surface area contributed by atoms with Crippen LogP contribution < -0.4 is 10.9 Å². The summed E-state index contributed by atoms with van der Waals surface area (Å²) in [5, 5.41) is 17.4. The van der Waals surface area contributed by atoms with Crippen LogP contribution in [0.15, 0.2) is 65.6 Å². The van der Waals surface area contributed by atoms with Crippen LogP contribution in [0.2, 0.25) is 0 Å². The molecule has 26 heavy (non-hydrogen) atoms. The number of fused-ring (bicyclic) bond motifs is 1. The highest BCUT2D eigenvalue weighted by Crippen LogP contribution is 2.15. The molecule has 2 aromatic heterocycles. The number of aromatic amines is 1. The van der Waals surface area contributed by atoms with Gasteiger partial charge in [0.25, 0.3) is 5.56 Å². The molecule has 0 bridgehead atoms. The van der Waals surface area contributed by atoms with Crippen molar-refractivity contribution < 1.29 is 5.11 Å². The maximum atomic E-state index is 12.3. The molecule has 7 nitrogen and oxygen atoms in total. The van der Waals surface area contributed by atoms with E-state index in [-0.39, 0.29) is 11.3 Å². The predicted molar refractivity (Wildman–Crippen MR) is 99.8 cm³/mol. The number of anilines is 1. The van der Waals surface area contributed by atoms with Gasteiger partial charge in [0, 0.05) is 6.54 Å². The largest absolute Gasteiger partial charge is 0.508 e.